The fraction of sp³-hybridized carbons (Fsp3) is 0.350. The molecule has 2 aromatic carbocycles. The third-order valence-corrected chi connectivity index (χ3v) is 7.72. The van der Waals surface area contributed by atoms with E-state index in [1.54, 1.807) is 0 Å². The largest absolute Gasteiger partial charge is 0.484 e. The van der Waals surface area contributed by atoms with Crippen LogP contribution in [0.15, 0.2) is 48.5 Å². The van der Waals surface area contributed by atoms with Crippen molar-refractivity contribution >= 4 is 35.1 Å². The topological polar surface area (TPSA) is 29.5 Å². The molecule has 130 valence electrons. The number of amides is 1. The molecule has 0 N–H and O–H groups in total. The van der Waals surface area contributed by atoms with Gasteiger partial charge in [-0.3, -0.25) is 4.79 Å². The lowest BCUT2D eigenvalue weighted by atomic mass is 10.1. The Morgan fingerprint density at radius 3 is 2.60 bits per heavy atom. The summed E-state index contributed by atoms with van der Waals surface area (Å²) in [4.78, 5) is 14.5. The van der Waals surface area contributed by atoms with Crippen LogP contribution in [0.25, 0.3) is 0 Å². The van der Waals surface area contributed by atoms with Crippen molar-refractivity contribution in [2.75, 3.05) is 23.0 Å². The third-order valence-electron chi connectivity index (χ3n) is 4.61. The van der Waals surface area contributed by atoms with Crippen LogP contribution in [0.3, 0.4) is 0 Å². The zero-order chi connectivity index (χ0) is 17.2. The minimum atomic E-state index is 0.0171. The van der Waals surface area contributed by atoms with Crippen molar-refractivity contribution in [1.82, 2.24) is 0 Å². The lowest BCUT2D eigenvalue weighted by Gasteiger charge is -2.22. The molecule has 1 atom stereocenters. The number of hydrogen-bond acceptors (Lipinski definition) is 4. The van der Waals surface area contributed by atoms with E-state index in [2.05, 4.69) is 25.1 Å². The molecule has 5 heteroatoms. The zero-order valence-electron chi connectivity index (χ0n) is 14.2. The van der Waals surface area contributed by atoms with Crippen molar-refractivity contribution in [2.24, 2.45) is 0 Å². The number of fused-ring (bicyclic) bond motifs is 1. The Labute approximate surface area is 157 Å². The SMILES string of the molecule is C[C@@H]1Cc2ccccc2N1C(=O)COc1ccc(C2SCCS2)cc1. The van der Waals surface area contributed by atoms with Crippen LogP contribution in [0.4, 0.5) is 5.69 Å². The molecule has 0 radical (unpaired) electrons. The summed E-state index contributed by atoms with van der Waals surface area (Å²) in [5.41, 5.74) is 3.58. The van der Waals surface area contributed by atoms with Gasteiger partial charge >= 0.3 is 0 Å². The standard InChI is InChI=1S/C20H21NO2S2/c1-14-12-16-4-2-3-5-18(16)21(14)19(22)13-23-17-8-6-15(7-9-17)20-24-10-11-25-20/h2-9,14,20H,10-13H2,1H3/t14-/m1/s1. The van der Waals surface area contributed by atoms with Gasteiger partial charge in [0.1, 0.15) is 5.75 Å². The maximum Gasteiger partial charge on any atom is 0.265 e. The molecule has 0 saturated carbocycles. The maximum absolute atomic E-state index is 12.7. The van der Waals surface area contributed by atoms with Crippen LogP contribution in [0.2, 0.25) is 0 Å². The van der Waals surface area contributed by atoms with E-state index in [1.807, 2.05) is 58.8 Å². The number of rotatable bonds is 4. The summed E-state index contributed by atoms with van der Waals surface area (Å²) >= 11 is 3.98. The summed E-state index contributed by atoms with van der Waals surface area (Å²) in [6, 6.07) is 16.5. The predicted octanol–water partition coefficient (Wildman–Crippen LogP) is 4.52. The molecule has 0 aliphatic carbocycles. The normalized spacial score (nSPS) is 19.9. The quantitative estimate of drug-likeness (QED) is 0.790. The molecule has 4 rings (SSSR count). The van der Waals surface area contributed by atoms with Gasteiger partial charge in [0, 0.05) is 23.2 Å². The summed E-state index contributed by atoms with van der Waals surface area (Å²) < 4.78 is 6.30. The number of carbonyl (C=O) groups excluding carboxylic acids is 1. The van der Waals surface area contributed by atoms with E-state index in [1.165, 1.54) is 22.6 Å². The number of carbonyl (C=O) groups is 1. The monoisotopic (exact) mass is 371 g/mol. The maximum atomic E-state index is 12.7. The number of benzene rings is 2. The number of hydrogen-bond donors (Lipinski definition) is 0. The number of para-hydroxylation sites is 1. The van der Waals surface area contributed by atoms with Crippen LogP contribution in [-0.2, 0) is 11.2 Å². The molecule has 0 unspecified atom stereocenters. The fourth-order valence-electron chi connectivity index (χ4n) is 3.43. The van der Waals surface area contributed by atoms with Gasteiger partial charge in [-0.15, -0.1) is 23.5 Å². The van der Waals surface area contributed by atoms with Gasteiger partial charge in [0.25, 0.3) is 5.91 Å². The van der Waals surface area contributed by atoms with E-state index in [-0.39, 0.29) is 18.6 Å². The van der Waals surface area contributed by atoms with Crippen LogP contribution in [-0.4, -0.2) is 30.1 Å². The summed E-state index contributed by atoms with van der Waals surface area (Å²) in [5.74, 6) is 3.21. The van der Waals surface area contributed by atoms with Gasteiger partial charge in [0.2, 0.25) is 0 Å². The second-order valence-electron chi connectivity index (χ2n) is 6.38. The summed E-state index contributed by atoms with van der Waals surface area (Å²) in [7, 11) is 0. The first-order chi connectivity index (χ1) is 12.2. The Kier molecular flexibility index (Phi) is 4.95. The Balaban J connectivity index is 1.39. The smallest absolute Gasteiger partial charge is 0.265 e. The fourth-order valence-corrected chi connectivity index (χ4v) is 6.29. The van der Waals surface area contributed by atoms with Crippen molar-refractivity contribution in [2.45, 2.75) is 24.0 Å². The molecule has 2 aromatic rings. The molecule has 25 heavy (non-hydrogen) atoms. The summed E-state index contributed by atoms with van der Waals surface area (Å²) in [5, 5.41) is 0. The van der Waals surface area contributed by atoms with Crippen LogP contribution in [0, 0.1) is 0 Å². The molecule has 0 aromatic heterocycles. The third kappa shape index (κ3) is 3.53. The second kappa shape index (κ2) is 7.34. The zero-order valence-corrected chi connectivity index (χ0v) is 15.8. The lowest BCUT2D eigenvalue weighted by Crippen LogP contribution is -2.39. The molecular weight excluding hydrogens is 350 g/mol. The highest BCUT2D eigenvalue weighted by Gasteiger charge is 2.30. The molecular formula is C20H21NO2S2. The average Bonchev–Trinajstić information content (AvgIpc) is 3.27. The van der Waals surface area contributed by atoms with Crippen molar-refractivity contribution in [3.8, 4) is 5.75 Å². The van der Waals surface area contributed by atoms with Crippen LogP contribution in [0.1, 0.15) is 22.6 Å². The van der Waals surface area contributed by atoms with Crippen LogP contribution < -0.4 is 9.64 Å². The first-order valence-corrected chi connectivity index (χ1v) is 10.7. The average molecular weight is 372 g/mol. The minimum Gasteiger partial charge on any atom is -0.484 e. The van der Waals surface area contributed by atoms with Gasteiger partial charge < -0.3 is 9.64 Å². The number of thioether (sulfide) groups is 2. The number of anilines is 1. The molecule has 1 saturated heterocycles. The van der Waals surface area contributed by atoms with Crippen molar-refractivity contribution in [3.05, 3.63) is 59.7 Å². The molecule has 2 heterocycles. The van der Waals surface area contributed by atoms with Gasteiger partial charge in [0.15, 0.2) is 6.61 Å². The Bertz CT molecular complexity index is 757. The number of ether oxygens (including phenoxy) is 1. The van der Waals surface area contributed by atoms with E-state index < -0.39 is 0 Å². The van der Waals surface area contributed by atoms with Gasteiger partial charge in [-0.05, 0) is 42.7 Å². The second-order valence-corrected chi connectivity index (χ2v) is 9.10. The lowest BCUT2D eigenvalue weighted by molar-refractivity contribution is -0.120. The molecule has 1 amide bonds. The minimum absolute atomic E-state index is 0.0171. The number of nitrogens with zero attached hydrogens (tertiary/aromatic N) is 1. The Morgan fingerprint density at radius 1 is 1.12 bits per heavy atom. The van der Waals surface area contributed by atoms with E-state index in [4.69, 9.17) is 4.74 Å². The van der Waals surface area contributed by atoms with Crippen molar-refractivity contribution in [1.29, 1.82) is 0 Å². The van der Waals surface area contributed by atoms with Gasteiger partial charge in [-0.1, -0.05) is 30.3 Å². The highest BCUT2D eigenvalue weighted by Crippen LogP contribution is 2.45. The first kappa shape index (κ1) is 16.9. The molecule has 0 spiro atoms. The first-order valence-electron chi connectivity index (χ1n) is 8.58. The van der Waals surface area contributed by atoms with E-state index in [9.17, 15) is 4.79 Å². The summed E-state index contributed by atoms with van der Waals surface area (Å²) in [6.07, 6.45) is 0.910. The van der Waals surface area contributed by atoms with Crippen molar-refractivity contribution < 1.29 is 9.53 Å². The highest BCUT2D eigenvalue weighted by atomic mass is 32.2. The van der Waals surface area contributed by atoms with Gasteiger partial charge in [-0.2, -0.15) is 0 Å². The molecule has 1 fully saturated rings. The van der Waals surface area contributed by atoms with Crippen molar-refractivity contribution in [3.63, 3.8) is 0 Å². The van der Waals surface area contributed by atoms with E-state index in [0.29, 0.717) is 4.58 Å². The van der Waals surface area contributed by atoms with Crippen LogP contribution >= 0.6 is 23.5 Å². The Morgan fingerprint density at radius 2 is 1.84 bits per heavy atom. The molecule has 2 aliphatic heterocycles. The molecule has 2 aliphatic rings. The summed E-state index contributed by atoms with van der Waals surface area (Å²) in [6.45, 7) is 2.16. The molecule has 0 bridgehead atoms. The van der Waals surface area contributed by atoms with Crippen LogP contribution in [0.5, 0.6) is 5.75 Å². The highest BCUT2D eigenvalue weighted by molar-refractivity contribution is 8.19. The van der Waals surface area contributed by atoms with E-state index in [0.717, 1.165) is 17.9 Å². The van der Waals surface area contributed by atoms with E-state index >= 15 is 0 Å². The Hall–Kier alpha value is -1.59. The van der Waals surface area contributed by atoms with Gasteiger partial charge in [0.05, 0.1) is 4.58 Å². The molecule has 3 nitrogen and oxygen atoms in total. The predicted molar refractivity (Wildman–Crippen MR) is 107 cm³/mol. The van der Waals surface area contributed by atoms with Gasteiger partial charge in [-0.25, -0.2) is 0 Å².